The van der Waals surface area contributed by atoms with Crippen molar-refractivity contribution >= 4 is 5.78 Å². The average Bonchev–Trinajstić information content (AvgIpc) is 2.68. The van der Waals surface area contributed by atoms with Gasteiger partial charge in [0.2, 0.25) is 0 Å². The van der Waals surface area contributed by atoms with Gasteiger partial charge < -0.3 is 0 Å². The molecule has 3 rings (SSSR count). The number of nitrogens with zero attached hydrogens (tertiary/aromatic N) is 2. The smallest absolute Gasteiger partial charge is 0.161 e. The zero-order chi connectivity index (χ0) is 19.2. The third-order valence-corrected chi connectivity index (χ3v) is 4.45. The van der Waals surface area contributed by atoms with E-state index in [2.05, 4.69) is 11.1 Å². The van der Waals surface area contributed by atoms with Gasteiger partial charge >= 0.3 is 0 Å². The van der Waals surface area contributed by atoms with Crippen LogP contribution < -0.4 is 0 Å². The Morgan fingerprint density at radius 2 is 1.89 bits per heavy atom. The molecule has 4 heteroatoms. The molecule has 0 aliphatic rings. The lowest BCUT2D eigenvalue weighted by Crippen LogP contribution is -2.05. The fourth-order valence-electron chi connectivity index (χ4n) is 3.12. The number of benzene rings is 2. The second-order valence-electron chi connectivity index (χ2n) is 6.39. The van der Waals surface area contributed by atoms with Crippen molar-refractivity contribution < 1.29 is 9.18 Å². The number of carbonyl (C=O) groups excluding carboxylic acids is 1. The van der Waals surface area contributed by atoms with Crippen molar-refractivity contribution in [3.63, 3.8) is 0 Å². The number of nitriles is 1. The quantitative estimate of drug-likeness (QED) is 0.574. The van der Waals surface area contributed by atoms with Gasteiger partial charge in [0.05, 0.1) is 23.0 Å². The first-order chi connectivity index (χ1) is 13.1. The minimum atomic E-state index is -0.245. The van der Waals surface area contributed by atoms with Gasteiger partial charge in [-0.25, -0.2) is 4.39 Å². The molecule has 0 unspecified atom stereocenters. The molecule has 0 radical (unpaired) electrons. The van der Waals surface area contributed by atoms with Crippen LogP contribution in [0.3, 0.4) is 0 Å². The highest BCUT2D eigenvalue weighted by atomic mass is 19.1. The predicted octanol–water partition coefficient (Wildman–Crippen LogP) is 5.14. The van der Waals surface area contributed by atoms with Crippen LogP contribution in [0.25, 0.3) is 11.3 Å². The molecule has 0 aliphatic heterocycles. The number of ketones is 1. The average molecular weight is 358 g/mol. The van der Waals surface area contributed by atoms with E-state index in [4.69, 9.17) is 0 Å². The first-order valence-electron chi connectivity index (χ1n) is 8.83. The van der Waals surface area contributed by atoms with Gasteiger partial charge in [-0.2, -0.15) is 5.26 Å². The Morgan fingerprint density at radius 3 is 2.63 bits per heavy atom. The standard InChI is InChI=1S/C23H19FN2O/c1-16(27)20-12-13-23(21-10-3-2-8-18(21)15-25)26-22(20)11-5-7-17-6-4-9-19(24)14-17/h2-4,6,8-10,12-14H,5,7,11H2,1H3. The summed E-state index contributed by atoms with van der Waals surface area (Å²) in [5, 5.41) is 9.32. The van der Waals surface area contributed by atoms with E-state index in [9.17, 15) is 14.4 Å². The van der Waals surface area contributed by atoms with Gasteiger partial charge in [-0.3, -0.25) is 9.78 Å². The van der Waals surface area contributed by atoms with Gasteiger partial charge in [0, 0.05) is 11.1 Å². The molecule has 3 nitrogen and oxygen atoms in total. The molecule has 0 aliphatic carbocycles. The Kier molecular flexibility index (Phi) is 5.73. The lowest BCUT2D eigenvalue weighted by Gasteiger charge is -2.10. The summed E-state index contributed by atoms with van der Waals surface area (Å²) >= 11 is 0. The zero-order valence-electron chi connectivity index (χ0n) is 15.1. The maximum absolute atomic E-state index is 13.3. The Morgan fingerprint density at radius 1 is 1.07 bits per heavy atom. The number of aromatic nitrogens is 1. The van der Waals surface area contributed by atoms with Crippen molar-refractivity contribution in [3.05, 3.63) is 88.9 Å². The van der Waals surface area contributed by atoms with Crippen LogP contribution >= 0.6 is 0 Å². The Bertz CT molecular complexity index is 1020. The monoisotopic (exact) mass is 358 g/mol. The first-order valence-corrected chi connectivity index (χ1v) is 8.83. The molecule has 0 bridgehead atoms. The van der Waals surface area contributed by atoms with Crippen LogP contribution in [0.15, 0.2) is 60.7 Å². The van der Waals surface area contributed by atoms with Gasteiger partial charge in [0.25, 0.3) is 0 Å². The molecule has 0 spiro atoms. The minimum absolute atomic E-state index is 0.0385. The highest BCUT2D eigenvalue weighted by Crippen LogP contribution is 2.24. The van der Waals surface area contributed by atoms with E-state index in [1.54, 1.807) is 24.3 Å². The molecule has 0 saturated heterocycles. The Balaban J connectivity index is 1.86. The third kappa shape index (κ3) is 4.45. The molecule has 2 aromatic carbocycles. The van der Waals surface area contributed by atoms with Crippen molar-refractivity contribution in [2.45, 2.75) is 26.2 Å². The summed E-state index contributed by atoms with van der Waals surface area (Å²) in [6.45, 7) is 1.52. The van der Waals surface area contributed by atoms with Crippen molar-refractivity contribution in [1.82, 2.24) is 4.98 Å². The van der Waals surface area contributed by atoms with Gasteiger partial charge in [-0.1, -0.05) is 30.3 Å². The summed E-state index contributed by atoms with van der Waals surface area (Å²) in [4.78, 5) is 16.6. The van der Waals surface area contributed by atoms with Crippen LogP contribution in [0.2, 0.25) is 0 Å². The highest BCUT2D eigenvalue weighted by Gasteiger charge is 2.13. The normalized spacial score (nSPS) is 10.4. The van der Waals surface area contributed by atoms with Gasteiger partial charge in [-0.05, 0) is 62.1 Å². The first kappa shape index (κ1) is 18.5. The topological polar surface area (TPSA) is 53.8 Å². The number of carbonyl (C=O) groups is 1. The Labute approximate surface area is 158 Å². The summed E-state index contributed by atoms with van der Waals surface area (Å²) in [5.74, 6) is -0.284. The molecule has 3 aromatic rings. The van der Waals surface area contributed by atoms with Crippen LogP contribution in [0, 0.1) is 17.1 Å². The highest BCUT2D eigenvalue weighted by molar-refractivity contribution is 5.95. The molecule has 1 aromatic heterocycles. The SMILES string of the molecule is CC(=O)c1ccc(-c2ccccc2C#N)nc1CCCc1cccc(F)c1. The minimum Gasteiger partial charge on any atom is -0.294 e. The summed E-state index contributed by atoms with van der Waals surface area (Å²) in [7, 11) is 0. The second-order valence-corrected chi connectivity index (χ2v) is 6.39. The van der Waals surface area contributed by atoms with Crippen LogP contribution in [0.1, 0.15) is 40.5 Å². The molecule has 1 heterocycles. The van der Waals surface area contributed by atoms with E-state index in [0.717, 1.165) is 17.5 Å². The number of rotatable bonds is 6. The number of hydrogen-bond donors (Lipinski definition) is 0. The molecular weight excluding hydrogens is 339 g/mol. The molecule has 0 amide bonds. The van der Waals surface area contributed by atoms with Crippen molar-refractivity contribution in [3.8, 4) is 17.3 Å². The largest absolute Gasteiger partial charge is 0.294 e. The number of hydrogen-bond acceptors (Lipinski definition) is 3. The van der Waals surface area contributed by atoms with Gasteiger partial charge in [0.15, 0.2) is 5.78 Å². The molecular formula is C23H19FN2O. The van der Waals surface area contributed by atoms with E-state index in [0.29, 0.717) is 35.4 Å². The van der Waals surface area contributed by atoms with E-state index in [-0.39, 0.29) is 11.6 Å². The number of halogens is 1. The summed E-state index contributed by atoms with van der Waals surface area (Å²) in [5.41, 5.74) is 4.20. The molecule has 0 saturated carbocycles. The van der Waals surface area contributed by atoms with Crippen LogP contribution in [-0.4, -0.2) is 10.8 Å². The fourth-order valence-corrected chi connectivity index (χ4v) is 3.12. The van der Waals surface area contributed by atoms with E-state index >= 15 is 0 Å². The van der Waals surface area contributed by atoms with E-state index in [1.165, 1.54) is 19.1 Å². The van der Waals surface area contributed by atoms with Crippen molar-refractivity contribution in [2.75, 3.05) is 0 Å². The van der Waals surface area contributed by atoms with Crippen molar-refractivity contribution in [2.24, 2.45) is 0 Å². The summed E-state index contributed by atoms with van der Waals surface area (Å²) in [6.07, 6.45) is 2.06. The number of aryl methyl sites for hydroxylation is 2. The van der Waals surface area contributed by atoms with Gasteiger partial charge in [0.1, 0.15) is 5.82 Å². The number of Topliss-reactive ketones (excluding diaryl/α,β-unsaturated/α-hetero) is 1. The third-order valence-electron chi connectivity index (χ3n) is 4.45. The summed E-state index contributed by atoms with van der Waals surface area (Å²) in [6, 6.07) is 19.5. The molecule has 0 N–H and O–H groups in total. The van der Waals surface area contributed by atoms with Gasteiger partial charge in [-0.15, -0.1) is 0 Å². The number of pyridine rings is 1. The zero-order valence-corrected chi connectivity index (χ0v) is 15.1. The van der Waals surface area contributed by atoms with Crippen molar-refractivity contribution in [1.29, 1.82) is 5.26 Å². The van der Waals surface area contributed by atoms with E-state index < -0.39 is 0 Å². The fraction of sp³-hybridized carbons (Fsp3) is 0.174. The maximum atomic E-state index is 13.3. The molecule has 0 fully saturated rings. The van der Waals surface area contributed by atoms with Crippen LogP contribution in [0.4, 0.5) is 4.39 Å². The lowest BCUT2D eigenvalue weighted by molar-refractivity contribution is 0.101. The second kappa shape index (κ2) is 8.37. The van der Waals surface area contributed by atoms with E-state index in [1.807, 2.05) is 24.3 Å². The molecule has 134 valence electrons. The Hall–Kier alpha value is -3.32. The van der Waals surface area contributed by atoms with Crippen LogP contribution in [0.5, 0.6) is 0 Å². The summed E-state index contributed by atoms with van der Waals surface area (Å²) < 4.78 is 13.3. The molecule has 0 atom stereocenters. The molecule has 27 heavy (non-hydrogen) atoms. The lowest BCUT2D eigenvalue weighted by atomic mass is 9.99. The predicted molar refractivity (Wildman–Crippen MR) is 103 cm³/mol. The maximum Gasteiger partial charge on any atom is 0.161 e. The van der Waals surface area contributed by atoms with Crippen LogP contribution in [-0.2, 0) is 12.8 Å².